The molecule has 7 heteroatoms. The second kappa shape index (κ2) is 10.2. The van der Waals surface area contributed by atoms with Gasteiger partial charge >= 0.3 is 5.69 Å². The molecular weight excluding hydrogens is 428 g/mol. The number of piperidine rings is 1. The van der Waals surface area contributed by atoms with Crippen LogP contribution in [-0.4, -0.2) is 46.3 Å². The Kier molecular flexibility index (Phi) is 6.92. The predicted molar refractivity (Wildman–Crippen MR) is 135 cm³/mol. The predicted octanol–water partition coefficient (Wildman–Crippen LogP) is 2.67. The zero-order valence-corrected chi connectivity index (χ0v) is 19.3. The highest BCUT2D eigenvalue weighted by atomic mass is 16.5. The fourth-order valence-corrected chi connectivity index (χ4v) is 4.30. The van der Waals surface area contributed by atoms with Crippen LogP contribution in [0.4, 0.5) is 0 Å². The van der Waals surface area contributed by atoms with Crippen molar-refractivity contribution in [3.63, 3.8) is 0 Å². The summed E-state index contributed by atoms with van der Waals surface area (Å²) in [4.78, 5) is 31.6. The van der Waals surface area contributed by atoms with Crippen LogP contribution in [0.25, 0.3) is 18.3 Å². The summed E-state index contributed by atoms with van der Waals surface area (Å²) in [5, 5.41) is 1.24. The molecular formula is C27H28N4O3. The van der Waals surface area contributed by atoms with Crippen molar-refractivity contribution in [2.75, 3.05) is 20.1 Å². The van der Waals surface area contributed by atoms with Crippen LogP contribution in [0, 0.1) is 0 Å². The van der Waals surface area contributed by atoms with Crippen molar-refractivity contribution in [3.05, 3.63) is 88.4 Å². The number of benzene rings is 2. The maximum absolute atomic E-state index is 13.7. The highest BCUT2D eigenvalue weighted by molar-refractivity contribution is 5.90. The van der Waals surface area contributed by atoms with E-state index in [1.54, 1.807) is 33.4 Å². The van der Waals surface area contributed by atoms with E-state index in [0.29, 0.717) is 35.2 Å². The molecule has 0 spiro atoms. The van der Waals surface area contributed by atoms with Gasteiger partial charge in [-0.2, -0.15) is 0 Å². The molecule has 1 aliphatic rings. The van der Waals surface area contributed by atoms with E-state index in [4.69, 9.17) is 4.74 Å². The summed E-state index contributed by atoms with van der Waals surface area (Å²) in [6.07, 6.45) is 6.34. The fourth-order valence-electron chi connectivity index (χ4n) is 4.30. The molecule has 1 aliphatic heterocycles. The molecule has 1 amide bonds. The van der Waals surface area contributed by atoms with Gasteiger partial charge in [-0.3, -0.25) is 18.9 Å². The minimum Gasteiger partial charge on any atom is -0.457 e. The number of aromatic nitrogens is 2. The average Bonchev–Trinajstić information content (AvgIpc) is 3.12. The minimum atomic E-state index is -0.199. The van der Waals surface area contributed by atoms with Crippen molar-refractivity contribution in [1.29, 1.82) is 0 Å². The highest BCUT2D eigenvalue weighted by Crippen LogP contribution is 2.22. The first kappa shape index (κ1) is 23.0. The van der Waals surface area contributed by atoms with Crippen molar-refractivity contribution in [2.24, 2.45) is 4.99 Å². The SMILES string of the molecule is C=CC(=O)N1CCC[C@@H](n2c(=C)/c(=C\C=NC)n(-c3ccc(Oc4ccccc4)cc3)c2=O)C1. The standard InChI is InChI=1S/C27H28N4O3/c1-4-26(32)29-18-8-9-22(19-29)30-20(2)25(16-17-28-3)31(27(30)33)21-12-14-24(15-13-21)34-23-10-6-5-7-11-23/h4-7,10-17,22H,1-2,8-9,18-19H2,3H3/b25-16+,28-17?/t22-/m1/s1. The lowest BCUT2D eigenvalue weighted by molar-refractivity contribution is -0.127. The first-order valence-electron chi connectivity index (χ1n) is 11.2. The summed E-state index contributed by atoms with van der Waals surface area (Å²) < 4.78 is 9.21. The number of amides is 1. The van der Waals surface area contributed by atoms with Crippen LogP contribution in [0.1, 0.15) is 18.9 Å². The molecule has 4 rings (SSSR count). The number of carbonyl (C=O) groups excluding carboxylic acids is 1. The quantitative estimate of drug-likeness (QED) is 0.423. The Morgan fingerprint density at radius 1 is 1.12 bits per heavy atom. The molecule has 0 bridgehead atoms. The van der Waals surface area contributed by atoms with Gasteiger partial charge in [0.2, 0.25) is 5.91 Å². The molecule has 174 valence electrons. The number of para-hydroxylation sites is 1. The Morgan fingerprint density at radius 3 is 2.50 bits per heavy atom. The molecule has 0 unspecified atom stereocenters. The molecule has 0 N–H and O–H groups in total. The Morgan fingerprint density at radius 2 is 1.82 bits per heavy atom. The Balaban J connectivity index is 1.74. The lowest BCUT2D eigenvalue weighted by Crippen LogP contribution is -2.45. The number of carbonyl (C=O) groups is 1. The lowest BCUT2D eigenvalue weighted by atomic mass is 10.1. The largest absolute Gasteiger partial charge is 0.457 e. The summed E-state index contributed by atoms with van der Waals surface area (Å²) in [5.74, 6) is 1.29. The molecule has 1 atom stereocenters. The number of hydrogen-bond acceptors (Lipinski definition) is 4. The Hall–Kier alpha value is -4.13. The maximum atomic E-state index is 13.7. The summed E-state index contributed by atoms with van der Waals surface area (Å²) in [6, 6.07) is 16.7. The van der Waals surface area contributed by atoms with Crippen molar-refractivity contribution >= 4 is 24.8 Å². The third-order valence-electron chi connectivity index (χ3n) is 5.93. The van der Waals surface area contributed by atoms with Crippen LogP contribution in [0.2, 0.25) is 0 Å². The van der Waals surface area contributed by atoms with Crippen LogP contribution >= 0.6 is 0 Å². The molecule has 0 radical (unpaired) electrons. The minimum absolute atomic E-state index is 0.123. The molecule has 1 fully saturated rings. The summed E-state index contributed by atoms with van der Waals surface area (Å²) >= 11 is 0. The summed E-state index contributed by atoms with van der Waals surface area (Å²) in [7, 11) is 1.67. The van der Waals surface area contributed by atoms with Gasteiger partial charge in [-0.1, -0.05) is 31.4 Å². The smallest absolute Gasteiger partial charge is 0.334 e. The van der Waals surface area contributed by atoms with E-state index in [9.17, 15) is 9.59 Å². The monoisotopic (exact) mass is 456 g/mol. The number of hydrogen-bond donors (Lipinski definition) is 0. The van der Waals surface area contributed by atoms with Gasteiger partial charge in [-0.15, -0.1) is 0 Å². The summed E-state index contributed by atoms with van der Waals surface area (Å²) in [5.41, 5.74) is 0.495. The van der Waals surface area contributed by atoms with Crippen LogP contribution in [-0.2, 0) is 4.79 Å². The average molecular weight is 457 g/mol. The zero-order valence-electron chi connectivity index (χ0n) is 19.3. The van der Waals surface area contributed by atoms with Gasteiger partial charge in [0.25, 0.3) is 0 Å². The topological polar surface area (TPSA) is 68.8 Å². The first-order chi connectivity index (χ1) is 16.5. The molecule has 1 aromatic heterocycles. The summed E-state index contributed by atoms with van der Waals surface area (Å²) in [6.45, 7) is 8.91. The van der Waals surface area contributed by atoms with E-state index < -0.39 is 0 Å². The van der Waals surface area contributed by atoms with Crippen LogP contribution in [0.15, 0.2) is 77.0 Å². The van der Waals surface area contributed by atoms with Crippen LogP contribution in [0.3, 0.4) is 0 Å². The number of aliphatic imine (C=N–C) groups is 1. The molecule has 0 saturated carbocycles. The second-order valence-corrected chi connectivity index (χ2v) is 8.09. The number of nitrogens with zero attached hydrogens (tertiary/aromatic N) is 4. The molecule has 3 aromatic rings. The normalized spacial score (nSPS) is 16.7. The first-order valence-corrected chi connectivity index (χ1v) is 11.2. The van der Waals surface area contributed by atoms with E-state index in [-0.39, 0.29) is 17.6 Å². The second-order valence-electron chi connectivity index (χ2n) is 8.09. The van der Waals surface area contributed by atoms with Crippen molar-refractivity contribution < 1.29 is 9.53 Å². The highest BCUT2D eigenvalue weighted by Gasteiger charge is 2.26. The van der Waals surface area contributed by atoms with Crippen LogP contribution < -0.4 is 21.1 Å². The zero-order chi connectivity index (χ0) is 24.1. The van der Waals surface area contributed by atoms with E-state index in [0.717, 1.165) is 18.6 Å². The van der Waals surface area contributed by atoms with Crippen molar-refractivity contribution in [1.82, 2.24) is 14.0 Å². The van der Waals surface area contributed by atoms with Gasteiger partial charge in [-0.05, 0) is 61.4 Å². The van der Waals surface area contributed by atoms with E-state index in [2.05, 4.69) is 18.2 Å². The molecule has 1 saturated heterocycles. The van der Waals surface area contributed by atoms with E-state index in [1.165, 1.54) is 6.08 Å². The van der Waals surface area contributed by atoms with Gasteiger partial charge in [-0.25, -0.2) is 4.79 Å². The van der Waals surface area contributed by atoms with Gasteiger partial charge in [0.1, 0.15) is 11.5 Å². The molecule has 34 heavy (non-hydrogen) atoms. The molecule has 2 heterocycles. The van der Waals surface area contributed by atoms with Crippen molar-refractivity contribution in [2.45, 2.75) is 18.9 Å². The third kappa shape index (κ3) is 4.64. The number of rotatable bonds is 6. The molecule has 2 aromatic carbocycles. The van der Waals surface area contributed by atoms with Gasteiger partial charge in [0, 0.05) is 26.4 Å². The number of imidazole rings is 1. The van der Waals surface area contributed by atoms with E-state index >= 15 is 0 Å². The number of likely N-dealkylation sites (tertiary alicyclic amines) is 1. The van der Waals surface area contributed by atoms with Crippen LogP contribution in [0.5, 0.6) is 11.5 Å². The number of ether oxygens (including phenoxy) is 1. The van der Waals surface area contributed by atoms with Crippen molar-refractivity contribution in [3.8, 4) is 17.2 Å². The Bertz CT molecular complexity index is 1370. The fraction of sp³-hybridized carbons (Fsp3) is 0.222. The van der Waals surface area contributed by atoms with Gasteiger partial charge < -0.3 is 9.64 Å². The van der Waals surface area contributed by atoms with Gasteiger partial charge in [0.15, 0.2) is 0 Å². The lowest BCUT2D eigenvalue weighted by Gasteiger charge is -2.32. The Labute approximate surface area is 198 Å². The third-order valence-corrected chi connectivity index (χ3v) is 5.93. The molecule has 0 aliphatic carbocycles. The molecule has 7 nitrogen and oxygen atoms in total. The maximum Gasteiger partial charge on any atom is 0.334 e. The van der Waals surface area contributed by atoms with Gasteiger partial charge in [0.05, 0.1) is 22.4 Å². The van der Waals surface area contributed by atoms with E-state index in [1.807, 2.05) is 54.6 Å².